The van der Waals surface area contributed by atoms with E-state index in [9.17, 15) is 14.8 Å². The second-order valence-electron chi connectivity index (χ2n) is 3.29. The van der Waals surface area contributed by atoms with Gasteiger partial charge in [-0.2, -0.15) is 5.01 Å². The molecule has 0 bridgehead atoms. The summed E-state index contributed by atoms with van der Waals surface area (Å²) >= 11 is 0. The average Bonchev–Trinajstić information content (AvgIpc) is 2.26. The van der Waals surface area contributed by atoms with Gasteiger partial charge in [-0.15, -0.1) is 4.91 Å². The summed E-state index contributed by atoms with van der Waals surface area (Å²) in [5.41, 5.74) is 0.493. The number of hydrogen-bond acceptors (Lipinski definition) is 5. The highest BCUT2D eigenvalue weighted by molar-refractivity contribution is 5.72. The maximum absolute atomic E-state index is 10.9. The van der Waals surface area contributed by atoms with Gasteiger partial charge in [0, 0.05) is 6.92 Å². The average molecular weight is 224 g/mol. The van der Waals surface area contributed by atoms with E-state index in [4.69, 9.17) is 5.11 Å². The number of aliphatic hydroxyl groups excluding tert-OH is 1. The molecule has 1 rings (SSSR count). The van der Waals surface area contributed by atoms with Crippen molar-refractivity contribution in [3.8, 4) is 5.75 Å². The monoisotopic (exact) mass is 224 g/mol. The Morgan fingerprint density at radius 1 is 1.44 bits per heavy atom. The van der Waals surface area contributed by atoms with Crippen LogP contribution >= 0.6 is 0 Å². The summed E-state index contributed by atoms with van der Waals surface area (Å²) in [6.45, 7) is 0.981. The number of nitroso groups, excluding NO2 is 1. The van der Waals surface area contributed by atoms with Crippen molar-refractivity contribution in [1.82, 2.24) is 5.01 Å². The normalized spacial score (nSPS) is 11.9. The van der Waals surface area contributed by atoms with Crippen molar-refractivity contribution in [2.24, 2.45) is 5.29 Å². The first-order valence-corrected chi connectivity index (χ1v) is 4.63. The van der Waals surface area contributed by atoms with E-state index in [1.807, 2.05) is 0 Å². The predicted molar refractivity (Wildman–Crippen MR) is 56.2 cm³/mol. The van der Waals surface area contributed by atoms with Gasteiger partial charge in [0.05, 0.1) is 17.9 Å². The molecule has 0 heterocycles. The van der Waals surface area contributed by atoms with E-state index in [0.717, 1.165) is 0 Å². The van der Waals surface area contributed by atoms with Crippen molar-refractivity contribution in [3.05, 3.63) is 34.7 Å². The zero-order valence-corrected chi connectivity index (χ0v) is 8.70. The summed E-state index contributed by atoms with van der Waals surface area (Å²) in [5, 5.41) is 21.9. The Kier molecular flexibility index (Phi) is 3.96. The van der Waals surface area contributed by atoms with Crippen LogP contribution in [0.2, 0.25) is 0 Å². The Morgan fingerprint density at radius 3 is 2.44 bits per heavy atom. The zero-order valence-electron chi connectivity index (χ0n) is 8.70. The first-order valence-electron chi connectivity index (χ1n) is 4.63. The molecule has 16 heavy (non-hydrogen) atoms. The molecule has 1 unspecified atom stereocenters. The molecule has 1 amide bonds. The standard InChI is InChI=1S/C10H12N2O4/c1-7(13)12(11-16)6-10(15)8-2-4-9(14)5-3-8/h2-5,10,14-15H,6H2,1H3. The van der Waals surface area contributed by atoms with E-state index in [0.29, 0.717) is 10.6 Å². The van der Waals surface area contributed by atoms with E-state index in [1.54, 1.807) is 0 Å². The smallest absolute Gasteiger partial charge is 0.242 e. The summed E-state index contributed by atoms with van der Waals surface area (Å²) in [7, 11) is 0. The minimum absolute atomic E-state index is 0.0767. The van der Waals surface area contributed by atoms with Crippen LogP contribution in [0.3, 0.4) is 0 Å². The number of rotatable bonds is 4. The molecule has 0 saturated carbocycles. The first kappa shape index (κ1) is 12.1. The number of aromatic hydroxyl groups is 1. The summed E-state index contributed by atoms with van der Waals surface area (Å²) < 4.78 is 0. The van der Waals surface area contributed by atoms with Gasteiger partial charge in [-0.3, -0.25) is 4.79 Å². The molecule has 2 N–H and O–H groups in total. The fourth-order valence-electron chi connectivity index (χ4n) is 1.19. The second kappa shape index (κ2) is 5.22. The van der Waals surface area contributed by atoms with Gasteiger partial charge in [-0.05, 0) is 17.7 Å². The molecular formula is C10H12N2O4. The molecule has 0 radical (unpaired) electrons. The van der Waals surface area contributed by atoms with Crippen LogP contribution in [0.15, 0.2) is 29.6 Å². The number of carbonyl (C=O) groups excluding carboxylic acids is 1. The van der Waals surface area contributed by atoms with Gasteiger partial charge in [-0.1, -0.05) is 12.1 Å². The molecule has 6 heteroatoms. The molecule has 0 aliphatic carbocycles. The minimum atomic E-state index is -1.01. The molecule has 1 atom stereocenters. The van der Waals surface area contributed by atoms with E-state index in [1.165, 1.54) is 31.2 Å². The lowest BCUT2D eigenvalue weighted by Gasteiger charge is -2.16. The van der Waals surface area contributed by atoms with Gasteiger partial charge in [0.15, 0.2) is 0 Å². The lowest BCUT2D eigenvalue weighted by Crippen LogP contribution is -2.27. The predicted octanol–water partition coefficient (Wildman–Crippen LogP) is 0.956. The van der Waals surface area contributed by atoms with Gasteiger partial charge in [-0.25, -0.2) is 0 Å². The molecule has 1 aromatic rings. The molecule has 86 valence electrons. The number of phenols is 1. The van der Waals surface area contributed by atoms with Crippen LogP contribution in [0.1, 0.15) is 18.6 Å². The quantitative estimate of drug-likeness (QED) is 0.588. The number of amides is 1. The number of carbonyl (C=O) groups is 1. The number of phenolic OH excluding ortho intramolecular Hbond substituents is 1. The number of hydrogen-bond donors (Lipinski definition) is 2. The van der Waals surface area contributed by atoms with Crippen molar-refractivity contribution in [1.29, 1.82) is 0 Å². The summed E-state index contributed by atoms with van der Waals surface area (Å²) in [4.78, 5) is 21.1. The minimum Gasteiger partial charge on any atom is -0.508 e. The highest BCUT2D eigenvalue weighted by Gasteiger charge is 2.16. The maximum atomic E-state index is 10.9. The van der Waals surface area contributed by atoms with Gasteiger partial charge >= 0.3 is 0 Å². The third kappa shape index (κ3) is 3.03. The van der Waals surface area contributed by atoms with E-state index < -0.39 is 12.0 Å². The third-order valence-corrected chi connectivity index (χ3v) is 2.09. The lowest BCUT2D eigenvalue weighted by atomic mass is 10.1. The Hall–Kier alpha value is -1.95. The number of nitrogens with zero attached hydrogens (tertiary/aromatic N) is 2. The van der Waals surface area contributed by atoms with Crippen molar-refractivity contribution < 1.29 is 15.0 Å². The maximum Gasteiger partial charge on any atom is 0.242 e. The molecule has 0 saturated heterocycles. The molecular weight excluding hydrogens is 212 g/mol. The highest BCUT2D eigenvalue weighted by Crippen LogP contribution is 2.17. The van der Waals surface area contributed by atoms with Gasteiger partial charge in [0.25, 0.3) is 0 Å². The Balaban J connectivity index is 2.71. The van der Waals surface area contributed by atoms with Crippen LogP contribution < -0.4 is 0 Å². The number of aliphatic hydroxyl groups is 1. The summed E-state index contributed by atoms with van der Waals surface area (Å²) in [5.74, 6) is -0.458. The van der Waals surface area contributed by atoms with Crippen LogP contribution in [-0.4, -0.2) is 27.7 Å². The fraction of sp³-hybridized carbons (Fsp3) is 0.300. The molecule has 0 aromatic heterocycles. The van der Waals surface area contributed by atoms with E-state index in [2.05, 4.69) is 5.29 Å². The van der Waals surface area contributed by atoms with Crippen LogP contribution in [0, 0.1) is 4.91 Å². The van der Waals surface area contributed by atoms with Crippen LogP contribution in [0.5, 0.6) is 5.75 Å². The van der Waals surface area contributed by atoms with Crippen molar-refractivity contribution >= 4 is 5.91 Å². The van der Waals surface area contributed by atoms with Crippen molar-refractivity contribution in [2.45, 2.75) is 13.0 Å². The summed E-state index contributed by atoms with van der Waals surface area (Å²) in [6, 6.07) is 5.82. The Labute approximate surface area is 92.1 Å². The molecule has 0 aliphatic heterocycles. The van der Waals surface area contributed by atoms with Gasteiger partial charge < -0.3 is 10.2 Å². The van der Waals surface area contributed by atoms with Crippen molar-refractivity contribution in [2.75, 3.05) is 6.54 Å². The van der Waals surface area contributed by atoms with E-state index >= 15 is 0 Å². The van der Waals surface area contributed by atoms with Gasteiger partial charge in [0.2, 0.25) is 5.91 Å². The molecule has 0 spiro atoms. The summed E-state index contributed by atoms with van der Waals surface area (Å²) in [6.07, 6.45) is -1.01. The SMILES string of the molecule is CC(=O)N(CC(O)c1ccc(O)cc1)N=O. The second-order valence-corrected chi connectivity index (χ2v) is 3.29. The largest absolute Gasteiger partial charge is 0.508 e. The van der Waals surface area contributed by atoms with Crippen molar-refractivity contribution in [3.63, 3.8) is 0 Å². The van der Waals surface area contributed by atoms with Crippen LogP contribution in [0.25, 0.3) is 0 Å². The Morgan fingerprint density at radius 2 is 2.00 bits per heavy atom. The third-order valence-electron chi connectivity index (χ3n) is 2.09. The molecule has 6 nitrogen and oxygen atoms in total. The zero-order chi connectivity index (χ0) is 12.1. The first-order chi connectivity index (χ1) is 7.54. The molecule has 0 fully saturated rings. The molecule has 0 aliphatic rings. The van der Waals surface area contributed by atoms with E-state index in [-0.39, 0.29) is 12.3 Å². The Bertz CT molecular complexity index is 377. The van der Waals surface area contributed by atoms with Gasteiger partial charge in [0.1, 0.15) is 5.75 Å². The van der Waals surface area contributed by atoms with Crippen LogP contribution in [-0.2, 0) is 4.79 Å². The fourth-order valence-corrected chi connectivity index (χ4v) is 1.19. The molecule has 1 aromatic carbocycles. The highest BCUT2D eigenvalue weighted by atomic mass is 16.3. The lowest BCUT2D eigenvalue weighted by molar-refractivity contribution is -0.130. The number of benzene rings is 1. The van der Waals surface area contributed by atoms with Crippen LogP contribution in [0.4, 0.5) is 0 Å². The topological polar surface area (TPSA) is 90.2 Å².